The van der Waals surface area contributed by atoms with E-state index in [-0.39, 0.29) is 11.3 Å². The summed E-state index contributed by atoms with van der Waals surface area (Å²) in [4.78, 5) is 21.5. The molecule has 0 spiro atoms. The van der Waals surface area contributed by atoms with Gasteiger partial charge in [0, 0.05) is 11.6 Å². The number of nitro benzene ring substituents is 1. The summed E-state index contributed by atoms with van der Waals surface area (Å²) in [7, 11) is 0. The summed E-state index contributed by atoms with van der Waals surface area (Å²) >= 11 is 0. The van der Waals surface area contributed by atoms with Crippen LogP contribution in [0.2, 0.25) is 0 Å². The van der Waals surface area contributed by atoms with Crippen molar-refractivity contribution in [2.24, 2.45) is 0 Å². The van der Waals surface area contributed by atoms with Gasteiger partial charge in [-0.05, 0) is 25.5 Å². The van der Waals surface area contributed by atoms with E-state index in [1.54, 1.807) is 19.9 Å². The molecule has 0 saturated heterocycles. The molecule has 1 rings (SSSR count). The van der Waals surface area contributed by atoms with Gasteiger partial charge in [-0.25, -0.2) is 0 Å². The van der Waals surface area contributed by atoms with E-state index in [9.17, 15) is 14.9 Å². The minimum absolute atomic E-state index is 0.131. The van der Waals surface area contributed by atoms with Crippen LogP contribution in [0.1, 0.15) is 21.5 Å². The van der Waals surface area contributed by atoms with Crippen LogP contribution in [0.25, 0.3) is 0 Å². The second-order valence-corrected chi connectivity index (χ2v) is 3.28. The lowest BCUT2D eigenvalue weighted by atomic mass is 10.0. The first-order valence-electron chi connectivity index (χ1n) is 4.42. The minimum atomic E-state index is -0.636. The Kier molecular flexibility index (Phi) is 3.54. The number of carbonyl (C=O) groups excluding carboxylic acids is 1. The highest BCUT2D eigenvalue weighted by atomic mass is 16.6. The second-order valence-electron chi connectivity index (χ2n) is 3.28. The number of benzene rings is 1. The van der Waals surface area contributed by atoms with Gasteiger partial charge in [-0.15, -0.1) is 5.59 Å². The number of carbonyl (C=O) groups is 1. The Bertz CT molecular complexity index is 445. The lowest BCUT2D eigenvalue weighted by Crippen LogP contribution is -2.35. The van der Waals surface area contributed by atoms with Crippen LogP contribution in [0.5, 0.6) is 0 Å². The highest BCUT2D eigenvalue weighted by Gasteiger charge is 2.17. The fourth-order valence-corrected chi connectivity index (χ4v) is 1.40. The number of hydrogen-bond acceptors (Lipinski definition) is 5. The SMILES string of the molecule is Cc1cc(C)c([N+](=O)[O-])cc1C(=O)NNO. The van der Waals surface area contributed by atoms with Gasteiger partial charge in [0.1, 0.15) is 0 Å². The molecule has 1 aromatic carbocycles. The Labute approximate surface area is 91.2 Å². The zero-order valence-electron chi connectivity index (χ0n) is 8.77. The Morgan fingerprint density at radius 2 is 2.00 bits per heavy atom. The van der Waals surface area contributed by atoms with Gasteiger partial charge in [0.2, 0.25) is 0 Å². The van der Waals surface area contributed by atoms with Gasteiger partial charge in [-0.1, -0.05) is 0 Å². The number of aryl methyl sites for hydroxylation is 2. The van der Waals surface area contributed by atoms with Crippen molar-refractivity contribution < 1.29 is 14.9 Å². The second kappa shape index (κ2) is 4.69. The first-order valence-corrected chi connectivity index (χ1v) is 4.42. The van der Waals surface area contributed by atoms with Crippen molar-refractivity contribution >= 4 is 11.6 Å². The molecule has 0 bridgehead atoms. The summed E-state index contributed by atoms with van der Waals surface area (Å²) < 4.78 is 0. The van der Waals surface area contributed by atoms with E-state index in [0.29, 0.717) is 11.1 Å². The molecule has 0 unspecified atom stereocenters. The standard InChI is InChI=1S/C9H11N3O4/c1-5-3-6(2)8(12(15)16)4-7(5)9(13)10-11-14/h3-4,11,14H,1-2H3,(H,10,13). The van der Waals surface area contributed by atoms with Gasteiger partial charge >= 0.3 is 0 Å². The Balaban J connectivity index is 3.24. The molecular formula is C9H11N3O4. The minimum Gasteiger partial charge on any atom is -0.297 e. The Hall–Kier alpha value is -1.99. The van der Waals surface area contributed by atoms with E-state index in [1.165, 1.54) is 11.7 Å². The summed E-state index contributed by atoms with van der Waals surface area (Å²) in [6.07, 6.45) is 0. The molecule has 0 heterocycles. The van der Waals surface area contributed by atoms with Crippen molar-refractivity contribution in [3.05, 3.63) is 38.9 Å². The van der Waals surface area contributed by atoms with E-state index in [2.05, 4.69) is 0 Å². The van der Waals surface area contributed by atoms with E-state index in [1.807, 2.05) is 5.43 Å². The predicted octanol–water partition coefficient (Wildman–Crippen LogP) is 0.835. The molecule has 1 aromatic rings. The highest BCUT2D eigenvalue weighted by Crippen LogP contribution is 2.22. The number of hydrazine groups is 1. The third-order valence-electron chi connectivity index (χ3n) is 2.15. The van der Waals surface area contributed by atoms with E-state index >= 15 is 0 Å². The van der Waals surface area contributed by atoms with Crippen LogP contribution in [0.15, 0.2) is 12.1 Å². The van der Waals surface area contributed by atoms with Crippen molar-refractivity contribution in [1.82, 2.24) is 11.0 Å². The molecule has 0 fully saturated rings. The lowest BCUT2D eigenvalue weighted by Gasteiger charge is -2.07. The van der Waals surface area contributed by atoms with Gasteiger partial charge in [-0.2, -0.15) is 0 Å². The summed E-state index contributed by atoms with van der Waals surface area (Å²) in [5.41, 5.74) is 4.50. The zero-order valence-corrected chi connectivity index (χ0v) is 8.77. The van der Waals surface area contributed by atoms with Crippen LogP contribution < -0.4 is 11.0 Å². The number of hydrogen-bond donors (Lipinski definition) is 3. The average Bonchev–Trinajstić information content (AvgIpc) is 2.17. The third kappa shape index (κ3) is 2.33. The molecule has 7 nitrogen and oxygen atoms in total. The Morgan fingerprint density at radius 1 is 1.38 bits per heavy atom. The predicted molar refractivity (Wildman–Crippen MR) is 55.0 cm³/mol. The van der Waals surface area contributed by atoms with Gasteiger partial charge in [0.15, 0.2) is 0 Å². The summed E-state index contributed by atoms with van der Waals surface area (Å²) in [5, 5.41) is 19.0. The molecule has 0 aliphatic rings. The average molecular weight is 225 g/mol. The van der Waals surface area contributed by atoms with Gasteiger partial charge in [0.25, 0.3) is 11.6 Å². The molecule has 0 aliphatic heterocycles. The van der Waals surface area contributed by atoms with Crippen molar-refractivity contribution in [3.63, 3.8) is 0 Å². The molecule has 0 aliphatic carbocycles. The maximum atomic E-state index is 11.4. The molecule has 0 aromatic heterocycles. The first kappa shape index (κ1) is 12.1. The molecule has 3 N–H and O–H groups in total. The smallest absolute Gasteiger partial charge is 0.273 e. The van der Waals surface area contributed by atoms with Crippen molar-refractivity contribution in [2.45, 2.75) is 13.8 Å². The Morgan fingerprint density at radius 3 is 2.50 bits per heavy atom. The molecule has 0 saturated carbocycles. The summed E-state index contributed by atoms with van der Waals surface area (Å²) in [6, 6.07) is 2.72. The molecular weight excluding hydrogens is 214 g/mol. The van der Waals surface area contributed by atoms with Crippen LogP contribution in [0, 0.1) is 24.0 Å². The van der Waals surface area contributed by atoms with Gasteiger partial charge in [-0.3, -0.25) is 25.5 Å². The number of rotatable bonds is 3. The maximum absolute atomic E-state index is 11.4. The zero-order chi connectivity index (χ0) is 12.3. The fraction of sp³-hybridized carbons (Fsp3) is 0.222. The van der Waals surface area contributed by atoms with Crippen molar-refractivity contribution in [1.29, 1.82) is 0 Å². The number of nitrogens with one attached hydrogen (secondary N) is 2. The lowest BCUT2D eigenvalue weighted by molar-refractivity contribution is -0.385. The van der Waals surface area contributed by atoms with E-state index in [0.717, 1.165) is 0 Å². The monoisotopic (exact) mass is 225 g/mol. The summed E-state index contributed by atoms with van der Waals surface area (Å²) in [6.45, 7) is 3.25. The van der Waals surface area contributed by atoms with E-state index < -0.39 is 10.8 Å². The van der Waals surface area contributed by atoms with Crippen molar-refractivity contribution in [3.8, 4) is 0 Å². The number of nitrogens with zero attached hydrogens (tertiary/aromatic N) is 1. The summed E-state index contributed by atoms with van der Waals surface area (Å²) in [5.74, 6) is -0.636. The van der Waals surface area contributed by atoms with Gasteiger partial charge < -0.3 is 0 Å². The van der Waals surface area contributed by atoms with Crippen molar-refractivity contribution in [2.75, 3.05) is 0 Å². The molecule has 16 heavy (non-hydrogen) atoms. The third-order valence-corrected chi connectivity index (χ3v) is 2.15. The first-order chi connectivity index (χ1) is 7.47. The molecule has 86 valence electrons. The van der Waals surface area contributed by atoms with Crippen LogP contribution in [0.3, 0.4) is 0 Å². The molecule has 1 amide bonds. The van der Waals surface area contributed by atoms with Gasteiger partial charge in [0.05, 0.1) is 10.5 Å². The van der Waals surface area contributed by atoms with Crippen LogP contribution in [-0.4, -0.2) is 16.0 Å². The maximum Gasteiger partial charge on any atom is 0.273 e. The van der Waals surface area contributed by atoms with Crippen LogP contribution >= 0.6 is 0 Å². The largest absolute Gasteiger partial charge is 0.297 e. The van der Waals surface area contributed by atoms with Crippen LogP contribution in [0.4, 0.5) is 5.69 Å². The topological polar surface area (TPSA) is 104 Å². The van der Waals surface area contributed by atoms with E-state index in [4.69, 9.17) is 5.21 Å². The number of nitro groups is 1. The van der Waals surface area contributed by atoms with Crippen LogP contribution in [-0.2, 0) is 0 Å². The fourth-order valence-electron chi connectivity index (χ4n) is 1.40. The highest BCUT2D eigenvalue weighted by molar-refractivity contribution is 5.96. The molecule has 7 heteroatoms. The molecule has 0 atom stereocenters. The number of amides is 1. The molecule has 0 radical (unpaired) electrons. The quantitative estimate of drug-likeness (QED) is 0.522. The normalized spacial score (nSPS) is 9.94.